The molecule has 0 radical (unpaired) electrons. The second kappa shape index (κ2) is 7.47. The quantitative estimate of drug-likeness (QED) is 0.650. The molecule has 1 aromatic heterocycles. The fourth-order valence-corrected chi connectivity index (χ4v) is 2.56. The van der Waals surface area contributed by atoms with Crippen LogP contribution in [0.5, 0.6) is 0 Å². The second-order valence-corrected chi connectivity index (χ2v) is 5.69. The lowest BCUT2D eigenvalue weighted by Crippen LogP contribution is -2.25. The molecule has 26 heavy (non-hydrogen) atoms. The Hall–Kier alpha value is -3.03. The van der Waals surface area contributed by atoms with Gasteiger partial charge in [0, 0.05) is 11.8 Å². The third kappa shape index (κ3) is 3.79. The molecule has 1 N–H and O–H groups in total. The number of ketones is 1. The van der Waals surface area contributed by atoms with Gasteiger partial charge in [0.1, 0.15) is 11.6 Å². The molecule has 1 aromatic carbocycles. The Balaban J connectivity index is 2.22. The lowest BCUT2D eigenvalue weighted by atomic mass is 10.1. The van der Waals surface area contributed by atoms with Crippen LogP contribution in [0, 0.1) is 25.5 Å². The van der Waals surface area contributed by atoms with Crippen LogP contribution >= 0.6 is 0 Å². The SMILES string of the molecule is COC(=O)c1c(C)[nH]c(C(=O)[C@@H](C)OC(=O)c2cc(F)cc(F)c2)c1C. The molecule has 2 aromatic rings. The average molecular weight is 365 g/mol. The highest BCUT2D eigenvalue weighted by Gasteiger charge is 2.27. The molecule has 0 fully saturated rings. The topological polar surface area (TPSA) is 85.5 Å². The maximum absolute atomic E-state index is 13.2. The number of carbonyl (C=O) groups is 3. The summed E-state index contributed by atoms with van der Waals surface area (Å²) in [5, 5.41) is 0. The summed E-state index contributed by atoms with van der Waals surface area (Å²) in [5.41, 5.74) is 0.759. The van der Waals surface area contributed by atoms with Crippen LogP contribution in [0.25, 0.3) is 0 Å². The van der Waals surface area contributed by atoms with Gasteiger partial charge in [0.25, 0.3) is 0 Å². The van der Waals surface area contributed by atoms with E-state index >= 15 is 0 Å². The predicted octanol–water partition coefficient (Wildman–Crippen LogP) is 3.12. The number of aromatic amines is 1. The summed E-state index contributed by atoms with van der Waals surface area (Å²) in [6.45, 7) is 4.48. The van der Waals surface area contributed by atoms with Gasteiger partial charge < -0.3 is 14.5 Å². The first-order valence-corrected chi connectivity index (χ1v) is 7.64. The largest absolute Gasteiger partial charge is 0.465 e. The summed E-state index contributed by atoms with van der Waals surface area (Å²) in [6, 6.07) is 2.23. The van der Waals surface area contributed by atoms with E-state index in [-0.39, 0.29) is 16.8 Å². The summed E-state index contributed by atoms with van der Waals surface area (Å²) in [5.74, 6) is -4.11. The Kier molecular flexibility index (Phi) is 5.54. The van der Waals surface area contributed by atoms with Crippen LogP contribution in [0.4, 0.5) is 8.78 Å². The van der Waals surface area contributed by atoms with Crippen LogP contribution in [-0.4, -0.2) is 35.9 Å². The number of carbonyl (C=O) groups excluding carboxylic acids is 3. The van der Waals surface area contributed by atoms with Gasteiger partial charge in [-0.2, -0.15) is 0 Å². The molecule has 0 aliphatic carbocycles. The highest BCUT2D eigenvalue weighted by Crippen LogP contribution is 2.21. The van der Waals surface area contributed by atoms with E-state index in [9.17, 15) is 23.2 Å². The van der Waals surface area contributed by atoms with Crippen LogP contribution in [0.1, 0.15) is 49.4 Å². The lowest BCUT2D eigenvalue weighted by Gasteiger charge is -2.12. The molecule has 1 atom stereocenters. The van der Waals surface area contributed by atoms with Gasteiger partial charge in [-0.3, -0.25) is 4.79 Å². The molecule has 0 aliphatic rings. The highest BCUT2D eigenvalue weighted by atomic mass is 19.1. The van der Waals surface area contributed by atoms with E-state index in [1.165, 1.54) is 14.0 Å². The predicted molar refractivity (Wildman–Crippen MR) is 87.2 cm³/mol. The number of esters is 2. The summed E-state index contributed by atoms with van der Waals surface area (Å²) in [6.07, 6.45) is -1.24. The van der Waals surface area contributed by atoms with Crippen molar-refractivity contribution in [2.45, 2.75) is 26.9 Å². The van der Waals surface area contributed by atoms with E-state index in [2.05, 4.69) is 9.72 Å². The minimum absolute atomic E-state index is 0.0913. The third-order valence-electron chi connectivity index (χ3n) is 3.82. The van der Waals surface area contributed by atoms with Crippen LogP contribution in [0.2, 0.25) is 0 Å². The zero-order chi connectivity index (χ0) is 19.6. The van der Waals surface area contributed by atoms with Gasteiger partial charge in [0.15, 0.2) is 6.10 Å². The number of methoxy groups -OCH3 is 1. The number of Topliss-reactive ketones (excluding diaryl/α,β-unsaturated/α-hetero) is 1. The molecule has 8 heteroatoms. The smallest absolute Gasteiger partial charge is 0.339 e. The number of rotatable bonds is 5. The minimum Gasteiger partial charge on any atom is -0.465 e. The van der Waals surface area contributed by atoms with Gasteiger partial charge in [-0.15, -0.1) is 0 Å². The summed E-state index contributed by atoms with van der Waals surface area (Å²) in [4.78, 5) is 39.1. The first-order valence-electron chi connectivity index (χ1n) is 7.64. The molecule has 0 saturated heterocycles. The van der Waals surface area contributed by atoms with Crippen molar-refractivity contribution in [3.05, 3.63) is 57.9 Å². The van der Waals surface area contributed by atoms with E-state index in [4.69, 9.17) is 4.74 Å². The van der Waals surface area contributed by atoms with E-state index in [1.807, 2.05) is 0 Å². The van der Waals surface area contributed by atoms with Crippen molar-refractivity contribution in [3.63, 3.8) is 0 Å². The number of nitrogens with one attached hydrogen (secondary N) is 1. The third-order valence-corrected chi connectivity index (χ3v) is 3.82. The molecule has 138 valence electrons. The van der Waals surface area contributed by atoms with Gasteiger partial charge >= 0.3 is 11.9 Å². The number of halogens is 2. The zero-order valence-corrected chi connectivity index (χ0v) is 14.6. The molecular formula is C18H17F2NO5. The van der Waals surface area contributed by atoms with Crippen molar-refractivity contribution < 1.29 is 32.6 Å². The van der Waals surface area contributed by atoms with E-state index < -0.39 is 35.5 Å². The molecule has 0 bridgehead atoms. The number of benzene rings is 1. The standard InChI is InChI=1S/C18H17F2NO5/c1-8-14(18(24)25-4)9(2)21-15(8)16(22)10(3)26-17(23)11-5-12(19)7-13(20)6-11/h5-7,10,21H,1-4H3/t10-/m1/s1. The summed E-state index contributed by atoms with van der Waals surface area (Å²) in [7, 11) is 1.22. The monoisotopic (exact) mass is 365 g/mol. The Morgan fingerprint density at radius 2 is 1.62 bits per heavy atom. The number of hydrogen-bond acceptors (Lipinski definition) is 5. The molecule has 1 heterocycles. The first-order chi connectivity index (χ1) is 12.1. The molecule has 0 spiro atoms. The fourth-order valence-electron chi connectivity index (χ4n) is 2.56. The van der Waals surface area contributed by atoms with E-state index in [0.717, 1.165) is 12.1 Å². The van der Waals surface area contributed by atoms with E-state index in [0.29, 0.717) is 17.3 Å². The number of hydrogen-bond donors (Lipinski definition) is 1. The van der Waals surface area contributed by atoms with Crippen LogP contribution in [-0.2, 0) is 9.47 Å². The number of aryl methyl sites for hydroxylation is 1. The molecule has 6 nitrogen and oxygen atoms in total. The first kappa shape index (κ1) is 19.3. The van der Waals surface area contributed by atoms with Gasteiger partial charge in [-0.25, -0.2) is 18.4 Å². The van der Waals surface area contributed by atoms with Crippen molar-refractivity contribution in [1.82, 2.24) is 4.98 Å². The average Bonchev–Trinajstić information content (AvgIpc) is 2.87. The van der Waals surface area contributed by atoms with Crippen LogP contribution < -0.4 is 0 Å². The van der Waals surface area contributed by atoms with Gasteiger partial charge in [0.05, 0.1) is 23.9 Å². The van der Waals surface area contributed by atoms with Crippen molar-refractivity contribution in [1.29, 1.82) is 0 Å². The summed E-state index contributed by atoms with van der Waals surface area (Å²) >= 11 is 0. The molecule has 0 amide bonds. The Bertz CT molecular complexity index is 868. The number of aromatic nitrogens is 1. The van der Waals surface area contributed by atoms with Gasteiger partial charge in [-0.05, 0) is 38.5 Å². The fraction of sp³-hybridized carbons (Fsp3) is 0.278. The minimum atomic E-state index is -1.24. The maximum atomic E-state index is 13.2. The van der Waals surface area contributed by atoms with Crippen LogP contribution in [0.15, 0.2) is 18.2 Å². The van der Waals surface area contributed by atoms with Gasteiger partial charge in [0.2, 0.25) is 5.78 Å². The summed E-state index contributed by atoms with van der Waals surface area (Å²) < 4.78 is 36.1. The maximum Gasteiger partial charge on any atom is 0.339 e. The van der Waals surface area contributed by atoms with E-state index in [1.54, 1.807) is 13.8 Å². The number of H-pyrrole nitrogens is 1. The second-order valence-electron chi connectivity index (χ2n) is 5.69. The number of ether oxygens (including phenoxy) is 2. The normalized spacial score (nSPS) is 11.8. The van der Waals surface area contributed by atoms with Crippen molar-refractivity contribution in [2.75, 3.05) is 7.11 Å². The van der Waals surface area contributed by atoms with Crippen molar-refractivity contribution in [3.8, 4) is 0 Å². The van der Waals surface area contributed by atoms with Crippen LogP contribution in [0.3, 0.4) is 0 Å². The molecule has 0 unspecified atom stereocenters. The highest BCUT2D eigenvalue weighted by molar-refractivity contribution is 6.04. The Morgan fingerprint density at radius 1 is 1.04 bits per heavy atom. The Morgan fingerprint density at radius 3 is 2.15 bits per heavy atom. The molecule has 2 rings (SSSR count). The van der Waals surface area contributed by atoms with Crippen molar-refractivity contribution >= 4 is 17.7 Å². The lowest BCUT2D eigenvalue weighted by molar-refractivity contribution is 0.0316. The zero-order valence-electron chi connectivity index (χ0n) is 14.6. The Labute approximate surface area is 148 Å². The molecular weight excluding hydrogens is 348 g/mol. The molecule has 0 aliphatic heterocycles. The van der Waals surface area contributed by atoms with Crippen molar-refractivity contribution in [2.24, 2.45) is 0 Å². The van der Waals surface area contributed by atoms with Gasteiger partial charge in [-0.1, -0.05) is 0 Å². The molecule has 0 saturated carbocycles.